The number of aromatic nitrogens is 1. The zero-order chi connectivity index (χ0) is 13.9. The number of hydrogen-bond acceptors (Lipinski definition) is 3. The van der Waals surface area contributed by atoms with Crippen LogP contribution < -0.4 is 11.3 Å². The summed E-state index contributed by atoms with van der Waals surface area (Å²) in [4.78, 5) is 4.61. The molecular weight excluding hydrogens is 314 g/mol. The highest BCUT2D eigenvalue weighted by atomic mass is 79.9. The Morgan fingerprint density at radius 3 is 2.90 bits per heavy atom. The van der Waals surface area contributed by atoms with Gasteiger partial charge in [-0.3, -0.25) is 16.3 Å². The molecule has 2 atom stereocenters. The Morgan fingerprint density at radius 1 is 1.25 bits per heavy atom. The minimum absolute atomic E-state index is 0.0829. The second kappa shape index (κ2) is 6.04. The maximum Gasteiger partial charge on any atom is 0.0554 e. The van der Waals surface area contributed by atoms with Gasteiger partial charge in [0, 0.05) is 22.3 Å². The summed E-state index contributed by atoms with van der Waals surface area (Å²) in [5.74, 6) is 6.19. The van der Waals surface area contributed by atoms with Crippen LogP contribution in [-0.4, -0.2) is 4.98 Å². The first kappa shape index (κ1) is 13.7. The smallest absolute Gasteiger partial charge is 0.0554 e. The molecule has 104 valence electrons. The largest absolute Gasteiger partial charge is 0.271 e. The van der Waals surface area contributed by atoms with Gasteiger partial charge >= 0.3 is 0 Å². The fraction of sp³-hybridized carbons (Fsp3) is 0.312. The molecule has 0 radical (unpaired) electrons. The van der Waals surface area contributed by atoms with Crippen molar-refractivity contribution in [3.8, 4) is 0 Å². The molecule has 3 rings (SSSR count). The monoisotopic (exact) mass is 331 g/mol. The number of hydrogen-bond donors (Lipinski definition) is 2. The Labute approximate surface area is 127 Å². The lowest BCUT2D eigenvalue weighted by Gasteiger charge is -2.31. The molecule has 0 spiro atoms. The van der Waals surface area contributed by atoms with Crippen molar-refractivity contribution in [1.82, 2.24) is 10.4 Å². The molecule has 2 unspecified atom stereocenters. The van der Waals surface area contributed by atoms with E-state index in [-0.39, 0.29) is 6.04 Å². The van der Waals surface area contributed by atoms with E-state index in [0.29, 0.717) is 5.92 Å². The molecule has 2 aromatic rings. The molecule has 0 aliphatic heterocycles. The molecule has 3 N–H and O–H groups in total. The number of rotatable bonds is 3. The molecular formula is C16H18BrN3. The first-order chi connectivity index (χ1) is 9.81. The molecule has 4 heteroatoms. The van der Waals surface area contributed by atoms with Gasteiger partial charge in [0.15, 0.2) is 0 Å². The van der Waals surface area contributed by atoms with Crippen molar-refractivity contribution in [1.29, 1.82) is 0 Å². The van der Waals surface area contributed by atoms with E-state index in [0.717, 1.165) is 17.3 Å². The highest BCUT2D eigenvalue weighted by Crippen LogP contribution is 2.40. The molecule has 20 heavy (non-hydrogen) atoms. The number of nitrogens with two attached hydrogens (primary N) is 1. The molecule has 0 bridgehead atoms. The number of nitrogens with zero attached hydrogens (tertiary/aromatic N) is 1. The van der Waals surface area contributed by atoms with Crippen molar-refractivity contribution in [2.75, 3.05) is 0 Å². The van der Waals surface area contributed by atoms with Crippen LogP contribution in [0.4, 0.5) is 0 Å². The van der Waals surface area contributed by atoms with Gasteiger partial charge in [-0.1, -0.05) is 40.2 Å². The topological polar surface area (TPSA) is 50.9 Å². The second-order valence-corrected chi connectivity index (χ2v) is 6.07. The zero-order valence-corrected chi connectivity index (χ0v) is 12.8. The number of fused-ring (bicyclic) bond motifs is 1. The van der Waals surface area contributed by atoms with Gasteiger partial charge in [-0.2, -0.15) is 0 Å². The van der Waals surface area contributed by atoms with E-state index in [1.54, 1.807) is 0 Å². The lowest BCUT2D eigenvalue weighted by Crippen LogP contribution is -2.34. The van der Waals surface area contributed by atoms with Crippen LogP contribution in [0, 0.1) is 0 Å². The lowest BCUT2D eigenvalue weighted by molar-refractivity contribution is 0.399. The summed E-state index contributed by atoms with van der Waals surface area (Å²) in [7, 11) is 0. The van der Waals surface area contributed by atoms with E-state index < -0.39 is 0 Å². The van der Waals surface area contributed by atoms with Crippen LogP contribution in [0.2, 0.25) is 0 Å². The Hall–Kier alpha value is -1.23. The predicted octanol–water partition coefficient (Wildman–Crippen LogP) is 3.47. The lowest BCUT2D eigenvalue weighted by atomic mass is 9.80. The number of nitrogens with one attached hydrogen (secondary N) is 1. The Balaban J connectivity index is 2.01. The van der Waals surface area contributed by atoms with Crippen LogP contribution in [0.25, 0.3) is 0 Å². The predicted molar refractivity (Wildman–Crippen MR) is 84.1 cm³/mol. The molecule has 0 saturated heterocycles. The van der Waals surface area contributed by atoms with Crippen LogP contribution in [0.5, 0.6) is 0 Å². The molecule has 0 fully saturated rings. The maximum atomic E-state index is 5.86. The van der Waals surface area contributed by atoms with Gasteiger partial charge in [0.05, 0.1) is 6.04 Å². The summed E-state index contributed by atoms with van der Waals surface area (Å²) in [6.45, 7) is 0. The van der Waals surface area contributed by atoms with Gasteiger partial charge in [0.25, 0.3) is 0 Å². The molecule has 1 aliphatic carbocycles. The number of benzene rings is 1. The van der Waals surface area contributed by atoms with E-state index in [1.165, 1.54) is 23.2 Å². The quantitative estimate of drug-likeness (QED) is 0.668. The van der Waals surface area contributed by atoms with Crippen molar-refractivity contribution in [2.45, 2.75) is 31.2 Å². The number of aryl methyl sites for hydroxylation is 1. The fourth-order valence-corrected chi connectivity index (χ4v) is 3.65. The normalized spacial score (nSPS) is 19.4. The van der Waals surface area contributed by atoms with E-state index in [2.05, 4.69) is 44.5 Å². The van der Waals surface area contributed by atoms with Crippen LogP contribution in [-0.2, 0) is 6.42 Å². The summed E-state index contributed by atoms with van der Waals surface area (Å²) in [5.41, 5.74) is 6.74. The van der Waals surface area contributed by atoms with Gasteiger partial charge in [-0.05, 0) is 42.5 Å². The van der Waals surface area contributed by atoms with Crippen LogP contribution in [0.15, 0.2) is 47.1 Å². The van der Waals surface area contributed by atoms with Crippen molar-refractivity contribution < 1.29 is 0 Å². The third-order valence-electron chi connectivity index (χ3n) is 4.06. The highest BCUT2D eigenvalue weighted by molar-refractivity contribution is 9.10. The van der Waals surface area contributed by atoms with Gasteiger partial charge in [-0.15, -0.1) is 0 Å². The van der Waals surface area contributed by atoms with E-state index in [4.69, 9.17) is 5.84 Å². The zero-order valence-electron chi connectivity index (χ0n) is 11.2. The van der Waals surface area contributed by atoms with E-state index in [1.807, 2.05) is 24.4 Å². The Morgan fingerprint density at radius 2 is 2.10 bits per heavy atom. The average Bonchev–Trinajstić information content (AvgIpc) is 2.50. The fourth-order valence-electron chi connectivity index (χ4n) is 3.12. The van der Waals surface area contributed by atoms with Crippen LogP contribution >= 0.6 is 15.9 Å². The van der Waals surface area contributed by atoms with Gasteiger partial charge in [0.2, 0.25) is 0 Å². The van der Waals surface area contributed by atoms with Crippen LogP contribution in [0.1, 0.15) is 41.6 Å². The minimum atomic E-state index is 0.0829. The van der Waals surface area contributed by atoms with Gasteiger partial charge in [-0.25, -0.2) is 0 Å². The molecule has 0 amide bonds. The SMILES string of the molecule is NNC(c1ccccc1Br)C1CCCc2cccnc21. The van der Waals surface area contributed by atoms with Crippen molar-refractivity contribution in [3.63, 3.8) is 0 Å². The van der Waals surface area contributed by atoms with Crippen molar-refractivity contribution in [2.24, 2.45) is 5.84 Å². The molecule has 0 saturated carbocycles. The molecule has 1 aromatic carbocycles. The van der Waals surface area contributed by atoms with E-state index in [9.17, 15) is 0 Å². The van der Waals surface area contributed by atoms with Crippen LogP contribution in [0.3, 0.4) is 0 Å². The third-order valence-corrected chi connectivity index (χ3v) is 4.78. The Bertz CT molecular complexity index is 600. The third kappa shape index (κ3) is 2.51. The van der Waals surface area contributed by atoms with E-state index >= 15 is 0 Å². The molecule has 1 aliphatic rings. The average molecular weight is 332 g/mol. The number of hydrazine groups is 1. The van der Waals surface area contributed by atoms with Crippen molar-refractivity contribution in [3.05, 3.63) is 63.9 Å². The van der Waals surface area contributed by atoms with Crippen molar-refractivity contribution >= 4 is 15.9 Å². The summed E-state index contributed by atoms with van der Waals surface area (Å²) in [5, 5.41) is 0. The number of halogens is 1. The standard InChI is InChI=1S/C16H18BrN3/c17-14-9-2-1-7-12(14)16(20-18)13-8-3-5-11-6-4-10-19-15(11)13/h1-2,4,6-7,9-10,13,16,20H,3,5,8,18H2. The summed E-state index contributed by atoms with van der Waals surface area (Å²) in [6.07, 6.45) is 5.30. The molecule has 3 nitrogen and oxygen atoms in total. The first-order valence-electron chi connectivity index (χ1n) is 6.95. The second-order valence-electron chi connectivity index (χ2n) is 5.21. The van der Waals surface area contributed by atoms with Gasteiger partial charge in [0.1, 0.15) is 0 Å². The Kier molecular flexibility index (Phi) is 4.15. The summed E-state index contributed by atoms with van der Waals surface area (Å²) in [6, 6.07) is 12.5. The van der Waals surface area contributed by atoms with Gasteiger partial charge < -0.3 is 0 Å². The minimum Gasteiger partial charge on any atom is -0.271 e. The first-order valence-corrected chi connectivity index (χ1v) is 7.75. The molecule has 1 aromatic heterocycles. The highest BCUT2D eigenvalue weighted by Gasteiger charge is 2.30. The summed E-state index contributed by atoms with van der Waals surface area (Å²) >= 11 is 3.63. The molecule has 1 heterocycles. The summed E-state index contributed by atoms with van der Waals surface area (Å²) < 4.78 is 1.09. The maximum absolute atomic E-state index is 5.86. The number of pyridine rings is 1.